The Kier molecular flexibility index (Phi) is 4.21. The van der Waals surface area contributed by atoms with E-state index in [0.717, 1.165) is 32.5 Å². The molecule has 0 aliphatic rings. The number of ether oxygens (including phenoxy) is 1. The molecule has 0 spiro atoms. The smallest absolute Gasteiger partial charge is 0.128 e. The first kappa shape index (κ1) is 15.1. The van der Waals surface area contributed by atoms with Crippen molar-refractivity contribution in [2.75, 3.05) is 7.11 Å². The SMILES string of the molecule is COc1c(C(C)(O)c2ccc(Br)cc2)ccc(C)c1C. The molecule has 0 aliphatic heterocycles. The fourth-order valence-corrected chi connectivity index (χ4v) is 2.63. The molecule has 1 unspecified atom stereocenters. The molecule has 0 amide bonds. The fourth-order valence-electron chi connectivity index (χ4n) is 2.37. The maximum atomic E-state index is 11.0. The third kappa shape index (κ3) is 2.60. The van der Waals surface area contributed by atoms with Gasteiger partial charge in [0.05, 0.1) is 7.11 Å². The van der Waals surface area contributed by atoms with Crippen molar-refractivity contribution < 1.29 is 9.84 Å². The van der Waals surface area contributed by atoms with E-state index in [1.54, 1.807) is 14.0 Å². The molecule has 1 atom stereocenters. The summed E-state index contributed by atoms with van der Waals surface area (Å²) in [5.74, 6) is 0.748. The summed E-state index contributed by atoms with van der Waals surface area (Å²) >= 11 is 3.41. The zero-order valence-electron chi connectivity index (χ0n) is 12.2. The van der Waals surface area contributed by atoms with Gasteiger partial charge in [-0.25, -0.2) is 0 Å². The number of aliphatic hydroxyl groups is 1. The van der Waals surface area contributed by atoms with Gasteiger partial charge in [0.1, 0.15) is 11.4 Å². The summed E-state index contributed by atoms with van der Waals surface area (Å²) in [6.45, 7) is 5.84. The summed E-state index contributed by atoms with van der Waals surface area (Å²) in [4.78, 5) is 0. The molecule has 0 saturated heterocycles. The molecule has 0 aromatic heterocycles. The second-order valence-electron chi connectivity index (χ2n) is 5.17. The first-order chi connectivity index (χ1) is 9.37. The lowest BCUT2D eigenvalue weighted by Gasteiger charge is -2.27. The summed E-state index contributed by atoms with van der Waals surface area (Å²) < 4.78 is 6.51. The van der Waals surface area contributed by atoms with Crippen molar-refractivity contribution >= 4 is 15.9 Å². The van der Waals surface area contributed by atoms with Crippen LogP contribution in [0.5, 0.6) is 5.75 Å². The Balaban J connectivity index is 2.59. The van der Waals surface area contributed by atoms with E-state index >= 15 is 0 Å². The van der Waals surface area contributed by atoms with Crippen LogP contribution in [-0.4, -0.2) is 12.2 Å². The Bertz CT molecular complexity index is 616. The number of benzene rings is 2. The molecule has 2 rings (SSSR count). The second kappa shape index (κ2) is 5.58. The molecule has 0 aliphatic carbocycles. The largest absolute Gasteiger partial charge is 0.496 e. The molecule has 0 bridgehead atoms. The average Bonchev–Trinajstić information content (AvgIpc) is 2.42. The van der Waals surface area contributed by atoms with E-state index in [1.165, 1.54) is 0 Å². The van der Waals surface area contributed by atoms with Crippen LogP contribution in [-0.2, 0) is 5.60 Å². The molecule has 0 radical (unpaired) electrons. The summed E-state index contributed by atoms with van der Waals surface area (Å²) in [5, 5.41) is 11.0. The molecule has 2 nitrogen and oxygen atoms in total. The number of halogens is 1. The van der Waals surface area contributed by atoms with Crippen molar-refractivity contribution in [2.24, 2.45) is 0 Å². The molecule has 20 heavy (non-hydrogen) atoms. The van der Waals surface area contributed by atoms with Crippen LogP contribution < -0.4 is 4.74 Å². The van der Waals surface area contributed by atoms with E-state index < -0.39 is 5.60 Å². The number of hydrogen-bond donors (Lipinski definition) is 1. The average molecular weight is 335 g/mol. The van der Waals surface area contributed by atoms with Gasteiger partial charge in [0, 0.05) is 10.0 Å². The first-order valence-electron chi connectivity index (χ1n) is 6.51. The van der Waals surface area contributed by atoms with Crippen molar-refractivity contribution in [2.45, 2.75) is 26.4 Å². The maximum Gasteiger partial charge on any atom is 0.128 e. The first-order valence-corrected chi connectivity index (χ1v) is 7.30. The third-order valence-electron chi connectivity index (χ3n) is 3.81. The lowest BCUT2D eigenvalue weighted by molar-refractivity contribution is 0.0988. The predicted octanol–water partition coefficient (Wildman–Crippen LogP) is 4.33. The number of hydrogen-bond acceptors (Lipinski definition) is 2. The van der Waals surface area contributed by atoms with Crippen LogP contribution in [0.3, 0.4) is 0 Å². The highest BCUT2D eigenvalue weighted by Gasteiger charge is 2.30. The lowest BCUT2D eigenvalue weighted by atomic mass is 9.86. The van der Waals surface area contributed by atoms with Crippen molar-refractivity contribution in [3.05, 3.63) is 63.1 Å². The molecule has 3 heteroatoms. The minimum atomic E-state index is -1.09. The van der Waals surface area contributed by atoms with E-state index in [4.69, 9.17) is 4.74 Å². The van der Waals surface area contributed by atoms with Gasteiger partial charge < -0.3 is 9.84 Å². The Morgan fingerprint density at radius 1 is 1.05 bits per heavy atom. The highest BCUT2D eigenvalue weighted by molar-refractivity contribution is 9.10. The minimum absolute atomic E-state index is 0.748. The Hall–Kier alpha value is -1.32. The van der Waals surface area contributed by atoms with Gasteiger partial charge >= 0.3 is 0 Å². The summed E-state index contributed by atoms with van der Waals surface area (Å²) in [5.41, 5.74) is 2.73. The lowest BCUT2D eigenvalue weighted by Crippen LogP contribution is -2.24. The standard InChI is InChI=1S/C17H19BrO2/c1-11-5-10-15(16(20-4)12(11)2)17(3,19)13-6-8-14(18)9-7-13/h5-10,19H,1-4H3. The summed E-state index contributed by atoms with van der Waals surface area (Å²) in [6.07, 6.45) is 0. The molecular weight excluding hydrogens is 316 g/mol. The molecular formula is C17H19BrO2. The van der Waals surface area contributed by atoms with Gasteiger partial charge in [0.25, 0.3) is 0 Å². The fraction of sp³-hybridized carbons (Fsp3) is 0.294. The number of rotatable bonds is 3. The van der Waals surface area contributed by atoms with Gasteiger partial charge in [-0.15, -0.1) is 0 Å². The van der Waals surface area contributed by atoms with Crippen molar-refractivity contribution in [3.63, 3.8) is 0 Å². The summed E-state index contributed by atoms with van der Waals surface area (Å²) in [6, 6.07) is 11.6. The van der Waals surface area contributed by atoms with Crippen LogP contribution in [0.4, 0.5) is 0 Å². The molecule has 2 aromatic carbocycles. The predicted molar refractivity (Wildman–Crippen MR) is 85.3 cm³/mol. The Morgan fingerprint density at radius 3 is 2.20 bits per heavy atom. The quantitative estimate of drug-likeness (QED) is 0.905. The van der Waals surface area contributed by atoms with Crippen molar-refractivity contribution in [1.82, 2.24) is 0 Å². The molecule has 0 heterocycles. The van der Waals surface area contributed by atoms with Gasteiger partial charge in [0.2, 0.25) is 0 Å². The molecule has 2 aromatic rings. The van der Waals surface area contributed by atoms with Crippen LogP contribution in [0.15, 0.2) is 40.9 Å². The number of methoxy groups -OCH3 is 1. The van der Waals surface area contributed by atoms with E-state index in [-0.39, 0.29) is 0 Å². The third-order valence-corrected chi connectivity index (χ3v) is 4.34. The highest BCUT2D eigenvalue weighted by Crippen LogP contribution is 2.38. The van der Waals surface area contributed by atoms with E-state index in [2.05, 4.69) is 15.9 Å². The van der Waals surface area contributed by atoms with Gasteiger partial charge in [-0.1, -0.05) is 40.2 Å². The maximum absolute atomic E-state index is 11.0. The van der Waals surface area contributed by atoms with Gasteiger partial charge in [0.15, 0.2) is 0 Å². The van der Waals surface area contributed by atoms with Gasteiger partial charge in [-0.05, 0) is 49.6 Å². The summed E-state index contributed by atoms with van der Waals surface area (Å²) in [7, 11) is 1.64. The second-order valence-corrected chi connectivity index (χ2v) is 6.08. The Labute approximate surface area is 128 Å². The van der Waals surface area contributed by atoms with Crippen LogP contribution in [0, 0.1) is 13.8 Å². The van der Waals surface area contributed by atoms with Crippen molar-refractivity contribution in [3.8, 4) is 5.75 Å². The minimum Gasteiger partial charge on any atom is -0.496 e. The number of aryl methyl sites for hydroxylation is 1. The van der Waals surface area contributed by atoms with Gasteiger partial charge in [-0.2, -0.15) is 0 Å². The van der Waals surface area contributed by atoms with E-state index in [0.29, 0.717) is 0 Å². The zero-order valence-corrected chi connectivity index (χ0v) is 13.8. The topological polar surface area (TPSA) is 29.5 Å². The molecule has 106 valence electrons. The van der Waals surface area contributed by atoms with Crippen LogP contribution in [0.2, 0.25) is 0 Å². The Morgan fingerprint density at radius 2 is 1.65 bits per heavy atom. The van der Waals surface area contributed by atoms with Crippen LogP contribution in [0.25, 0.3) is 0 Å². The molecule has 0 fully saturated rings. The van der Waals surface area contributed by atoms with E-state index in [9.17, 15) is 5.11 Å². The van der Waals surface area contributed by atoms with Gasteiger partial charge in [-0.3, -0.25) is 0 Å². The highest BCUT2D eigenvalue weighted by atomic mass is 79.9. The van der Waals surface area contributed by atoms with E-state index in [1.807, 2.05) is 50.2 Å². The van der Waals surface area contributed by atoms with Crippen LogP contribution >= 0.6 is 15.9 Å². The van der Waals surface area contributed by atoms with Crippen molar-refractivity contribution in [1.29, 1.82) is 0 Å². The molecule has 1 N–H and O–H groups in total. The molecule has 0 saturated carbocycles. The van der Waals surface area contributed by atoms with Crippen LogP contribution in [0.1, 0.15) is 29.2 Å². The zero-order chi connectivity index (χ0) is 14.9. The normalized spacial score (nSPS) is 13.9. The monoisotopic (exact) mass is 334 g/mol.